The van der Waals surface area contributed by atoms with Crippen LogP contribution >= 0.6 is 11.3 Å². The zero-order valence-electron chi connectivity index (χ0n) is 8.51. The number of aromatic nitrogens is 1. The van der Waals surface area contributed by atoms with Crippen LogP contribution in [-0.4, -0.2) is 23.2 Å². The highest BCUT2D eigenvalue weighted by Gasteiger charge is 2.12. The molecule has 2 rings (SSSR count). The summed E-state index contributed by atoms with van der Waals surface area (Å²) >= 11 is 1.18. The number of thiophene rings is 1. The van der Waals surface area contributed by atoms with Crippen LogP contribution < -0.4 is 4.74 Å². The van der Waals surface area contributed by atoms with Crippen molar-refractivity contribution in [3.05, 3.63) is 35.3 Å². The molecule has 4 nitrogen and oxygen atoms in total. The third kappa shape index (κ3) is 1.90. The molecule has 0 radical (unpaired) electrons. The van der Waals surface area contributed by atoms with E-state index in [1.807, 2.05) is 0 Å². The predicted molar refractivity (Wildman–Crippen MR) is 61.1 cm³/mol. The number of hydrogen-bond donors (Lipinski definition) is 1. The van der Waals surface area contributed by atoms with Crippen molar-refractivity contribution < 1.29 is 14.6 Å². The summed E-state index contributed by atoms with van der Waals surface area (Å²) in [5, 5.41) is 8.83. The molecule has 2 aromatic heterocycles. The van der Waals surface area contributed by atoms with E-state index in [1.54, 1.807) is 37.6 Å². The van der Waals surface area contributed by atoms with Crippen LogP contribution in [0.3, 0.4) is 0 Å². The van der Waals surface area contributed by atoms with Crippen LogP contribution in [0.25, 0.3) is 10.6 Å². The molecule has 0 aliphatic heterocycles. The van der Waals surface area contributed by atoms with Crippen molar-refractivity contribution in [1.29, 1.82) is 0 Å². The zero-order valence-corrected chi connectivity index (χ0v) is 9.32. The molecule has 82 valence electrons. The van der Waals surface area contributed by atoms with Gasteiger partial charge in [0.2, 0.25) is 0 Å². The van der Waals surface area contributed by atoms with Crippen molar-refractivity contribution in [2.24, 2.45) is 0 Å². The number of carboxylic acid groups (broad SMARTS) is 1. The molecular weight excluding hydrogens is 226 g/mol. The smallest absolute Gasteiger partial charge is 0.345 e. The number of rotatable bonds is 3. The number of hydrogen-bond acceptors (Lipinski definition) is 4. The second-order valence-electron chi connectivity index (χ2n) is 3.02. The summed E-state index contributed by atoms with van der Waals surface area (Å²) in [5.74, 6) is -0.285. The molecule has 0 amide bonds. The lowest BCUT2D eigenvalue weighted by atomic mass is 10.3. The summed E-state index contributed by atoms with van der Waals surface area (Å²) in [4.78, 5) is 16.0. The number of methoxy groups -OCH3 is 1. The lowest BCUT2D eigenvalue weighted by Gasteiger charge is -2.03. The van der Waals surface area contributed by atoms with Crippen LogP contribution in [0, 0.1) is 0 Å². The first-order valence-corrected chi connectivity index (χ1v) is 5.36. The average Bonchev–Trinajstić information content (AvgIpc) is 2.78. The molecule has 0 saturated heterocycles. The normalized spacial score (nSPS) is 10.1. The molecule has 0 fully saturated rings. The van der Waals surface area contributed by atoms with Crippen LogP contribution in [-0.2, 0) is 0 Å². The van der Waals surface area contributed by atoms with Gasteiger partial charge in [-0.05, 0) is 24.3 Å². The van der Waals surface area contributed by atoms with Crippen molar-refractivity contribution in [2.45, 2.75) is 0 Å². The van der Waals surface area contributed by atoms with E-state index in [4.69, 9.17) is 9.84 Å². The highest BCUT2D eigenvalue weighted by Crippen LogP contribution is 2.32. The van der Waals surface area contributed by atoms with Crippen LogP contribution in [0.2, 0.25) is 0 Å². The van der Waals surface area contributed by atoms with E-state index in [1.165, 1.54) is 11.3 Å². The molecule has 0 aliphatic rings. The zero-order chi connectivity index (χ0) is 11.5. The topological polar surface area (TPSA) is 59.4 Å². The van der Waals surface area contributed by atoms with E-state index in [0.717, 1.165) is 4.88 Å². The molecule has 0 aliphatic carbocycles. The Morgan fingerprint density at radius 3 is 2.88 bits per heavy atom. The Balaban J connectivity index is 2.46. The van der Waals surface area contributed by atoms with Gasteiger partial charge in [-0.1, -0.05) is 0 Å². The standard InChI is InChI=1S/C11H9NO3S/c1-15-7-3-2-6-12-10(7)8-4-5-9(16-8)11(13)14/h2-6H,1H3,(H,13,14). The lowest BCUT2D eigenvalue weighted by molar-refractivity contribution is 0.0702. The minimum absolute atomic E-state index is 0.294. The quantitative estimate of drug-likeness (QED) is 0.888. The lowest BCUT2D eigenvalue weighted by Crippen LogP contribution is -1.90. The van der Waals surface area contributed by atoms with E-state index >= 15 is 0 Å². The average molecular weight is 235 g/mol. The second-order valence-corrected chi connectivity index (χ2v) is 4.11. The van der Waals surface area contributed by atoms with Crippen LogP contribution in [0.15, 0.2) is 30.5 Å². The van der Waals surface area contributed by atoms with Gasteiger partial charge in [-0.25, -0.2) is 4.79 Å². The number of pyridine rings is 1. The third-order valence-corrected chi connectivity index (χ3v) is 3.12. The van der Waals surface area contributed by atoms with E-state index in [9.17, 15) is 4.79 Å². The van der Waals surface area contributed by atoms with Gasteiger partial charge in [0.25, 0.3) is 0 Å². The minimum atomic E-state index is -0.925. The van der Waals surface area contributed by atoms with Gasteiger partial charge in [-0.15, -0.1) is 11.3 Å². The molecule has 2 heterocycles. The maximum atomic E-state index is 10.8. The summed E-state index contributed by atoms with van der Waals surface area (Å²) in [5.41, 5.74) is 0.669. The first-order chi connectivity index (χ1) is 7.72. The number of aromatic carboxylic acids is 1. The Labute approximate surface area is 96.1 Å². The van der Waals surface area contributed by atoms with Crippen molar-refractivity contribution >= 4 is 17.3 Å². The van der Waals surface area contributed by atoms with Gasteiger partial charge in [0.05, 0.1) is 12.0 Å². The number of nitrogens with zero attached hydrogens (tertiary/aromatic N) is 1. The predicted octanol–water partition coefficient (Wildman–Crippen LogP) is 2.52. The highest BCUT2D eigenvalue weighted by molar-refractivity contribution is 7.17. The SMILES string of the molecule is COc1cccnc1-c1ccc(C(=O)O)s1. The fraction of sp³-hybridized carbons (Fsp3) is 0.0909. The number of carboxylic acids is 1. The summed E-state index contributed by atoms with van der Waals surface area (Å²) in [6.07, 6.45) is 1.65. The Bertz CT molecular complexity index is 521. The molecule has 0 bridgehead atoms. The Morgan fingerprint density at radius 2 is 2.25 bits per heavy atom. The van der Waals surface area contributed by atoms with Gasteiger partial charge in [0.15, 0.2) is 0 Å². The van der Waals surface area contributed by atoms with Crippen molar-refractivity contribution in [1.82, 2.24) is 4.98 Å². The Kier molecular flexibility index (Phi) is 2.87. The van der Waals surface area contributed by atoms with Crippen molar-refractivity contribution in [3.63, 3.8) is 0 Å². The van der Waals surface area contributed by atoms with Crippen molar-refractivity contribution in [3.8, 4) is 16.3 Å². The van der Waals surface area contributed by atoms with Gasteiger partial charge in [-0.3, -0.25) is 4.98 Å². The molecule has 0 unspecified atom stereocenters. The molecule has 1 N–H and O–H groups in total. The minimum Gasteiger partial charge on any atom is -0.494 e. The largest absolute Gasteiger partial charge is 0.494 e. The summed E-state index contributed by atoms with van der Waals surface area (Å²) in [6.45, 7) is 0. The van der Waals surface area contributed by atoms with Crippen LogP contribution in [0.5, 0.6) is 5.75 Å². The van der Waals surface area contributed by atoms with Gasteiger partial charge < -0.3 is 9.84 Å². The highest BCUT2D eigenvalue weighted by atomic mass is 32.1. The van der Waals surface area contributed by atoms with Crippen LogP contribution in [0.4, 0.5) is 0 Å². The number of carbonyl (C=O) groups is 1. The Morgan fingerprint density at radius 1 is 1.44 bits per heavy atom. The van der Waals surface area contributed by atoms with E-state index in [0.29, 0.717) is 16.3 Å². The van der Waals surface area contributed by atoms with Gasteiger partial charge in [-0.2, -0.15) is 0 Å². The van der Waals surface area contributed by atoms with Crippen molar-refractivity contribution in [2.75, 3.05) is 7.11 Å². The molecule has 0 spiro atoms. The van der Waals surface area contributed by atoms with Gasteiger partial charge in [0.1, 0.15) is 16.3 Å². The first kappa shape index (κ1) is 10.6. The fourth-order valence-electron chi connectivity index (χ4n) is 1.32. The molecule has 0 saturated carbocycles. The molecular formula is C11H9NO3S. The van der Waals surface area contributed by atoms with E-state index in [-0.39, 0.29) is 0 Å². The Hall–Kier alpha value is -1.88. The van der Waals surface area contributed by atoms with E-state index < -0.39 is 5.97 Å². The summed E-state index contributed by atoms with van der Waals surface area (Å²) in [6, 6.07) is 6.87. The maximum Gasteiger partial charge on any atom is 0.345 e. The summed E-state index contributed by atoms with van der Waals surface area (Å²) < 4.78 is 5.17. The number of ether oxygens (including phenoxy) is 1. The fourth-order valence-corrected chi connectivity index (χ4v) is 2.17. The molecule has 0 atom stereocenters. The van der Waals surface area contributed by atoms with Gasteiger partial charge in [0, 0.05) is 6.20 Å². The second kappa shape index (κ2) is 4.32. The first-order valence-electron chi connectivity index (χ1n) is 4.55. The molecule has 0 aromatic carbocycles. The third-order valence-electron chi connectivity index (χ3n) is 2.04. The monoisotopic (exact) mass is 235 g/mol. The molecule has 5 heteroatoms. The summed E-state index contributed by atoms with van der Waals surface area (Å²) in [7, 11) is 1.56. The van der Waals surface area contributed by atoms with Gasteiger partial charge >= 0.3 is 5.97 Å². The van der Waals surface area contributed by atoms with E-state index in [2.05, 4.69) is 4.98 Å². The molecule has 2 aromatic rings. The van der Waals surface area contributed by atoms with Crippen LogP contribution in [0.1, 0.15) is 9.67 Å². The molecule has 16 heavy (non-hydrogen) atoms. The maximum absolute atomic E-state index is 10.8.